The van der Waals surface area contributed by atoms with Gasteiger partial charge in [-0.3, -0.25) is 25.0 Å². The van der Waals surface area contributed by atoms with Gasteiger partial charge in [-0.15, -0.1) is 0 Å². The van der Waals surface area contributed by atoms with Crippen molar-refractivity contribution in [2.45, 2.75) is 0 Å². The molecule has 1 heterocycles. The van der Waals surface area contributed by atoms with E-state index in [1.807, 2.05) is 0 Å². The van der Waals surface area contributed by atoms with E-state index in [1.165, 1.54) is 42.5 Å². The molecule has 0 unspecified atom stereocenters. The molecule has 0 atom stereocenters. The predicted molar refractivity (Wildman–Crippen MR) is 96.9 cm³/mol. The van der Waals surface area contributed by atoms with Crippen molar-refractivity contribution < 1.29 is 19.1 Å². The smallest absolute Gasteiger partial charge is 0.291 e. The van der Waals surface area contributed by atoms with Crippen LogP contribution in [-0.2, 0) is 0 Å². The molecule has 27 heavy (non-hydrogen) atoms. The molecule has 0 bridgehead atoms. The van der Waals surface area contributed by atoms with Crippen LogP contribution in [0, 0.1) is 20.2 Å². The van der Waals surface area contributed by atoms with Gasteiger partial charge in [-0.25, -0.2) is 0 Å². The van der Waals surface area contributed by atoms with Gasteiger partial charge in [-0.2, -0.15) is 0 Å². The molecule has 1 amide bonds. The maximum absolute atomic E-state index is 12.3. The first-order valence-corrected chi connectivity index (χ1v) is 7.83. The molecule has 0 spiro atoms. The summed E-state index contributed by atoms with van der Waals surface area (Å²) in [6, 6.07) is 12.3. The van der Waals surface area contributed by atoms with Gasteiger partial charge < -0.3 is 9.73 Å². The van der Waals surface area contributed by atoms with Crippen LogP contribution in [0.2, 0.25) is 5.02 Å². The lowest BCUT2D eigenvalue weighted by atomic mass is 10.1. The molecule has 3 rings (SSSR count). The first-order valence-electron chi connectivity index (χ1n) is 7.45. The minimum Gasteiger partial charge on any atom is -0.451 e. The number of carbonyl (C=O) groups excluding carboxylic acids is 1. The second-order valence-corrected chi connectivity index (χ2v) is 5.72. The van der Waals surface area contributed by atoms with Gasteiger partial charge in [0, 0.05) is 18.2 Å². The van der Waals surface area contributed by atoms with Crippen LogP contribution in [0.4, 0.5) is 17.1 Å². The third-order valence-corrected chi connectivity index (χ3v) is 3.93. The molecule has 0 fully saturated rings. The lowest BCUT2D eigenvalue weighted by Crippen LogP contribution is -2.11. The van der Waals surface area contributed by atoms with Crippen molar-refractivity contribution >= 4 is 34.6 Å². The van der Waals surface area contributed by atoms with Crippen LogP contribution in [-0.4, -0.2) is 15.8 Å². The number of amides is 1. The number of hydrogen-bond acceptors (Lipinski definition) is 6. The quantitative estimate of drug-likeness (QED) is 0.500. The van der Waals surface area contributed by atoms with Gasteiger partial charge in [-0.1, -0.05) is 23.7 Å². The third kappa shape index (κ3) is 3.77. The number of carbonyl (C=O) groups is 1. The highest BCUT2D eigenvalue weighted by molar-refractivity contribution is 6.34. The largest absolute Gasteiger partial charge is 0.451 e. The highest BCUT2D eigenvalue weighted by atomic mass is 35.5. The number of benzene rings is 2. The van der Waals surface area contributed by atoms with Crippen molar-refractivity contribution in [2.75, 3.05) is 5.32 Å². The van der Waals surface area contributed by atoms with Crippen LogP contribution < -0.4 is 5.32 Å². The fourth-order valence-electron chi connectivity index (χ4n) is 2.35. The number of hydrogen-bond donors (Lipinski definition) is 1. The Balaban J connectivity index is 1.88. The molecule has 2 aromatic carbocycles. The molecule has 136 valence electrons. The maximum Gasteiger partial charge on any atom is 0.291 e. The Kier molecular flexibility index (Phi) is 4.86. The number of nitro benzene ring substituents is 2. The molecular formula is C17H10ClN3O6. The van der Waals surface area contributed by atoms with Gasteiger partial charge in [0.25, 0.3) is 17.3 Å². The number of nitrogens with one attached hydrogen (secondary N) is 1. The summed E-state index contributed by atoms with van der Waals surface area (Å²) in [4.78, 5) is 33.1. The minimum atomic E-state index is -0.706. The number of furan rings is 1. The van der Waals surface area contributed by atoms with E-state index in [9.17, 15) is 25.0 Å². The second kappa shape index (κ2) is 7.26. The number of rotatable bonds is 5. The van der Waals surface area contributed by atoms with Gasteiger partial charge in [0.15, 0.2) is 5.76 Å². The highest BCUT2D eigenvalue weighted by Crippen LogP contribution is 2.32. The average molecular weight is 388 g/mol. The third-order valence-electron chi connectivity index (χ3n) is 3.60. The number of halogens is 1. The fourth-order valence-corrected chi connectivity index (χ4v) is 2.52. The summed E-state index contributed by atoms with van der Waals surface area (Å²) in [5.41, 5.74) is -0.148. The Morgan fingerprint density at radius 3 is 2.44 bits per heavy atom. The van der Waals surface area contributed by atoms with E-state index < -0.39 is 15.8 Å². The Morgan fingerprint density at radius 1 is 1.00 bits per heavy atom. The van der Waals surface area contributed by atoms with Crippen LogP contribution in [0.3, 0.4) is 0 Å². The zero-order valence-corrected chi connectivity index (χ0v) is 14.2. The second-order valence-electron chi connectivity index (χ2n) is 5.31. The van der Waals surface area contributed by atoms with E-state index >= 15 is 0 Å². The molecule has 0 aliphatic carbocycles. The summed E-state index contributed by atoms with van der Waals surface area (Å²) in [6.45, 7) is 0. The molecule has 0 saturated heterocycles. The van der Waals surface area contributed by atoms with E-state index in [0.717, 1.165) is 6.07 Å². The van der Waals surface area contributed by atoms with Crippen LogP contribution in [0.5, 0.6) is 0 Å². The zero-order chi connectivity index (χ0) is 19.6. The van der Waals surface area contributed by atoms with Crippen molar-refractivity contribution in [1.29, 1.82) is 0 Å². The number of non-ortho nitro benzene ring substituents is 1. The van der Waals surface area contributed by atoms with Crippen LogP contribution >= 0.6 is 11.6 Å². The van der Waals surface area contributed by atoms with Gasteiger partial charge >= 0.3 is 0 Å². The maximum atomic E-state index is 12.3. The molecule has 0 aliphatic heterocycles. The van der Waals surface area contributed by atoms with E-state index in [0.29, 0.717) is 0 Å². The zero-order valence-electron chi connectivity index (χ0n) is 13.4. The number of nitro groups is 2. The summed E-state index contributed by atoms with van der Waals surface area (Å²) in [7, 11) is 0. The Hall–Kier alpha value is -3.72. The van der Waals surface area contributed by atoms with Crippen LogP contribution in [0.15, 0.2) is 59.0 Å². The summed E-state index contributed by atoms with van der Waals surface area (Å²) < 4.78 is 5.42. The lowest BCUT2D eigenvalue weighted by molar-refractivity contribution is -0.384. The van der Waals surface area contributed by atoms with Crippen LogP contribution in [0.1, 0.15) is 10.6 Å². The van der Waals surface area contributed by atoms with E-state index in [4.69, 9.17) is 16.0 Å². The highest BCUT2D eigenvalue weighted by Gasteiger charge is 2.20. The first kappa shape index (κ1) is 18.1. The molecule has 1 N–H and O–H groups in total. The van der Waals surface area contributed by atoms with Gasteiger partial charge in [-0.05, 0) is 24.3 Å². The number of para-hydroxylation sites is 1. The number of nitrogens with zero attached hydrogens (tertiary/aromatic N) is 2. The molecule has 0 saturated carbocycles. The van der Waals surface area contributed by atoms with Crippen molar-refractivity contribution in [1.82, 2.24) is 0 Å². The summed E-state index contributed by atoms with van der Waals surface area (Å²) in [6.07, 6.45) is 0. The molecule has 0 aliphatic rings. The first-order chi connectivity index (χ1) is 12.9. The van der Waals surface area contributed by atoms with Crippen molar-refractivity contribution in [3.05, 3.63) is 85.6 Å². The SMILES string of the molecule is O=C(Nc1cc([N+](=O)[O-])ccc1Cl)c1ccc(-c2ccccc2[N+](=O)[O-])o1. The van der Waals surface area contributed by atoms with Crippen molar-refractivity contribution in [3.8, 4) is 11.3 Å². The summed E-state index contributed by atoms with van der Waals surface area (Å²) >= 11 is 5.95. The van der Waals surface area contributed by atoms with E-state index in [1.54, 1.807) is 6.07 Å². The molecule has 10 heteroatoms. The Morgan fingerprint density at radius 2 is 1.74 bits per heavy atom. The van der Waals surface area contributed by atoms with Crippen LogP contribution in [0.25, 0.3) is 11.3 Å². The Labute approximate surface area is 156 Å². The number of anilines is 1. The normalized spacial score (nSPS) is 10.4. The van der Waals surface area contributed by atoms with Crippen molar-refractivity contribution in [2.24, 2.45) is 0 Å². The lowest BCUT2D eigenvalue weighted by Gasteiger charge is -2.05. The molecule has 0 radical (unpaired) electrons. The molecule has 1 aromatic heterocycles. The average Bonchev–Trinajstić information content (AvgIpc) is 3.13. The van der Waals surface area contributed by atoms with Gasteiger partial charge in [0.2, 0.25) is 0 Å². The Bertz CT molecular complexity index is 1060. The van der Waals surface area contributed by atoms with Gasteiger partial charge in [0.05, 0.1) is 26.1 Å². The topological polar surface area (TPSA) is 129 Å². The standard InChI is InChI=1S/C17H10ClN3O6/c18-12-6-5-10(20(23)24)9-13(12)19-17(22)16-8-7-15(27-16)11-3-1-2-4-14(11)21(25)26/h1-9H,(H,19,22). The van der Waals surface area contributed by atoms with E-state index in [-0.39, 0.29) is 39.2 Å². The van der Waals surface area contributed by atoms with Gasteiger partial charge in [0.1, 0.15) is 5.76 Å². The molecule has 3 aromatic rings. The summed E-state index contributed by atoms with van der Waals surface area (Å²) in [5, 5.41) is 24.5. The minimum absolute atomic E-state index is 0.0412. The fraction of sp³-hybridized carbons (Fsp3) is 0. The predicted octanol–water partition coefficient (Wildman–Crippen LogP) is 4.67. The monoisotopic (exact) mass is 387 g/mol. The summed E-state index contributed by atoms with van der Waals surface area (Å²) in [5.74, 6) is -0.703. The van der Waals surface area contributed by atoms with E-state index in [2.05, 4.69) is 5.32 Å². The van der Waals surface area contributed by atoms with Crippen molar-refractivity contribution in [3.63, 3.8) is 0 Å². The molecule has 9 nitrogen and oxygen atoms in total. The molecular weight excluding hydrogens is 378 g/mol.